The molecule has 7 heteroatoms. The molecule has 7 rings (SSSR count). The van der Waals surface area contributed by atoms with E-state index >= 15 is 0 Å². The van der Waals surface area contributed by atoms with Crippen LogP contribution >= 0.6 is 0 Å². The first kappa shape index (κ1) is 23.7. The molecule has 5 aromatic rings. The van der Waals surface area contributed by atoms with E-state index in [2.05, 4.69) is 51.3 Å². The van der Waals surface area contributed by atoms with Crippen LogP contribution in [0, 0.1) is 0 Å². The molecule has 3 aromatic heterocycles. The molecule has 1 aliphatic carbocycles. The molecule has 0 saturated carbocycles. The van der Waals surface area contributed by atoms with E-state index < -0.39 is 0 Å². The van der Waals surface area contributed by atoms with Crippen LogP contribution in [0.3, 0.4) is 0 Å². The van der Waals surface area contributed by atoms with Gasteiger partial charge in [-0.15, -0.1) is 0 Å². The van der Waals surface area contributed by atoms with Crippen LogP contribution in [0.2, 0.25) is 0 Å². The summed E-state index contributed by atoms with van der Waals surface area (Å²) in [5, 5.41) is 6.09. The smallest absolute Gasteiger partial charge is 0.261 e. The van der Waals surface area contributed by atoms with E-state index in [-0.39, 0.29) is 17.9 Å². The van der Waals surface area contributed by atoms with Gasteiger partial charge in [-0.2, -0.15) is 0 Å². The van der Waals surface area contributed by atoms with Crippen LogP contribution < -0.4 is 5.32 Å². The van der Waals surface area contributed by atoms with Crippen molar-refractivity contribution in [1.29, 1.82) is 0 Å². The van der Waals surface area contributed by atoms with Crippen LogP contribution in [0.5, 0.6) is 0 Å². The molecule has 0 unspecified atom stereocenters. The third-order valence-corrected chi connectivity index (χ3v) is 8.11. The van der Waals surface area contributed by atoms with E-state index in [4.69, 9.17) is 4.98 Å². The minimum Gasteiger partial charge on any atom is -0.339 e. The van der Waals surface area contributed by atoms with Crippen LogP contribution in [0.1, 0.15) is 63.0 Å². The first-order chi connectivity index (χ1) is 19.2. The van der Waals surface area contributed by atoms with Crippen molar-refractivity contribution in [3.63, 3.8) is 0 Å². The summed E-state index contributed by atoms with van der Waals surface area (Å²) in [6, 6.07) is 22.0. The van der Waals surface area contributed by atoms with Crippen molar-refractivity contribution < 1.29 is 9.59 Å². The van der Waals surface area contributed by atoms with Gasteiger partial charge in [0.15, 0.2) is 0 Å². The summed E-state index contributed by atoms with van der Waals surface area (Å²) in [5.74, 6) is -0.406. The van der Waals surface area contributed by atoms with Gasteiger partial charge in [0.1, 0.15) is 0 Å². The number of amides is 2. The van der Waals surface area contributed by atoms with E-state index in [1.165, 1.54) is 21.2 Å². The fraction of sp³-hybridized carbons (Fsp3) is 0.250. The lowest BCUT2D eigenvalue weighted by molar-refractivity contribution is 0.0651. The highest BCUT2D eigenvalue weighted by atomic mass is 16.2. The number of aryl methyl sites for hydroxylation is 2. The summed E-state index contributed by atoms with van der Waals surface area (Å²) in [4.78, 5) is 36.6. The van der Waals surface area contributed by atoms with Crippen LogP contribution in [-0.2, 0) is 19.5 Å². The number of hydrogen-bond acceptors (Lipinski definition) is 5. The third-order valence-electron chi connectivity index (χ3n) is 8.11. The average molecular weight is 516 g/mol. The molecule has 0 radical (unpaired) electrons. The van der Waals surface area contributed by atoms with Crippen molar-refractivity contribution in [2.24, 2.45) is 0 Å². The van der Waals surface area contributed by atoms with E-state index in [1.807, 2.05) is 18.5 Å². The van der Waals surface area contributed by atoms with Gasteiger partial charge in [0.05, 0.1) is 34.1 Å². The zero-order valence-electron chi connectivity index (χ0n) is 21.6. The Morgan fingerprint density at radius 2 is 1.62 bits per heavy atom. The number of para-hydroxylation sites is 1. The second kappa shape index (κ2) is 9.75. The Kier molecular flexibility index (Phi) is 5.93. The molecule has 0 bridgehead atoms. The fourth-order valence-electron chi connectivity index (χ4n) is 6.29. The first-order valence-electron chi connectivity index (χ1n) is 13.7. The molecule has 2 aliphatic rings. The maximum Gasteiger partial charge on any atom is 0.261 e. The summed E-state index contributed by atoms with van der Waals surface area (Å²) in [5.41, 5.74) is 6.70. The van der Waals surface area contributed by atoms with Crippen LogP contribution in [-0.4, -0.2) is 37.8 Å². The van der Waals surface area contributed by atoms with Crippen molar-refractivity contribution in [3.05, 3.63) is 107 Å². The maximum absolute atomic E-state index is 12.9. The molecule has 0 fully saturated rings. The summed E-state index contributed by atoms with van der Waals surface area (Å²) in [7, 11) is 0. The number of nitrogens with zero attached hydrogens (tertiary/aromatic N) is 4. The number of rotatable bonds is 7. The van der Waals surface area contributed by atoms with Gasteiger partial charge >= 0.3 is 0 Å². The SMILES string of the molecule is O=C1c2ccccc2C(=O)N1CCCn1c2ccccc2c2ccnc(CN[C@H]3CCCc4cccnc43)c21. The van der Waals surface area contributed by atoms with Gasteiger partial charge in [0, 0.05) is 48.3 Å². The monoisotopic (exact) mass is 515 g/mol. The van der Waals surface area contributed by atoms with Crippen LogP contribution in [0.25, 0.3) is 21.8 Å². The van der Waals surface area contributed by atoms with E-state index in [0.717, 1.165) is 41.7 Å². The molecule has 4 heterocycles. The third kappa shape index (κ3) is 4.01. The second-order valence-corrected chi connectivity index (χ2v) is 10.4. The van der Waals surface area contributed by atoms with Crippen molar-refractivity contribution in [3.8, 4) is 0 Å². The van der Waals surface area contributed by atoms with Gasteiger partial charge in [-0.25, -0.2) is 0 Å². The molecule has 1 N–H and O–H groups in total. The van der Waals surface area contributed by atoms with Gasteiger partial charge < -0.3 is 9.88 Å². The number of aromatic nitrogens is 3. The van der Waals surface area contributed by atoms with E-state index in [0.29, 0.717) is 37.2 Å². The molecule has 2 aromatic carbocycles. The Hall–Kier alpha value is -4.36. The Bertz CT molecular complexity index is 1700. The normalized spacial score (nSPS) is 16.7. The quantitative estimate of drug-likeness (QED) is 0.292. The number of nitrogens with one attached hydrogen (secondary N) is 1. The molecule has 39 heavy (non-hydrogen) atoms. The number of benzene rings is 2. The standard InChI is InChI=1S/C32H29N5O2/c38-31-24-11-1-2-12-25(24)32(39)37(31)19-7-18-36-28-14-4-3-10-22(28)23-15-17-33-27(30(23)36)20-35-26-13-5-8-21-9-6-16-34-29(21)26/h1-4,6,9-12,14-17,26,35H,5,7-8,13,18-20H2/t26-/m0/s1. The molecule has 0 saturated heterocycles. The number of hydrogen-bond donors (Lipinski definition) is 1. The van der Waals surface area contributed by atoms with Gasteiger partial charge in [0.25, 0.3) is 11.8 Å². The summed E-state index contributed by atoms with van der Waals surface area (Å²) in [6.07, 6.45) is 7.71. The fourth-order valence-corrected chi connectivity index (χ4v) is 6.29. The molecule has 194 valence electrons. The van der Waals surface area contributed by atoms with Crippen LogP contribution in [0.4, 0.5) is 0 Å². The van der Waals surface area contributed by atoms with Crippen molar-refractivity contribution in [2.75, 3.05) is 6.54 Å². The lowest BCUT2D eigenvalue weighted by Crippen LogP contribution is -2.31. The Morgan fingerprint density at radius 3 is 2.46 bits per heavy atom. The summed E-state index contributed by atoms with van der Waals surface area (Å²) < 4.78 is 2.31. The van der Waals surface area contributed by atoms with Crippen molar-refractivity contribution in [2.45, 2.75) is 44.8 Å². The van der Waals surface area contributed by atoms with E-state index in [1.54, 1.807) is 24.3 Å². The zero-order valence-corrected chi connectivity index (χ0v) is 21.6. The molecular weight excluding hydrogens is 486 g/mol. The number of carbonyl (C=O) groups is 2. The zero-order chi connectivity index (χ0) is 26.3. The molecule has 1 aliphatic heterocycles. The van der Waals surface area contributed by atoms with Gasteiger partial charge in [-0.3, -0.25) is 24.5 Å². The molecule has 2 amide bonds. The first-order valence-corrected chi connectivity index (χ1v) is 13.7. The Morgan fingerprint density at radius 1 is 0.821 bits per heavy atom. The molecule has 7 nitrogen and oxygen atoms in total. The highest BCUT2D eigenvalue weighted by molar-refractivity contribution is 6.21. The summed E-state index contributed by atoms with van der Waals surface area (Å²) in [6.45, 7) is 1.68. The van der Waals surface area contributed by atoms with Gasteiger partial charge in [0.2, 0.25) is 0 Å². The number of pyridine rings is 2. The molecule has 1 atom stereocenters. The predicted octanol–water partition coefficient (Wildman–Crippen LogP) is 5.44. The van der Waals surface area contributed by atoms with Crippen LogP contribution in [0.15, 0.2) is 79.1 Å². The van der Waals surface area contributed by atoms with Crippen molar-refractivity contribution in [1.82, 2.24) is 24.8 Å². The van der Waals surface area contributed by atoms with E-state index in [9.17, 15) is 9.59 Å². The number of imide groups is 1. The van der Waals surface area contributed by atoms with Gasteiger partial charge in [-0.1, -0.05) is 36.4 Å². The highest BCUT2D eigenvalue weighted by Gasteiger charge is 2.34. The Labute approximate surface area is 226 Å². The summed E-state index contributed by atoms with van der Waals surface area (Å²) >= 11 is 0. The highest BCUT2D eigenvalue weighted by Crippen LogP contribution is 2.32. The minimum absolute atomic E-state index is 0.203. The molecular formula is C32H29N5O2. The lowest BCUT2D eigenvalue weighted by Gasteiger charge is -2.25. The maximum atomic E-state index is 12.9. The van der Waals surface area contributed by atoms with Crippen molar-refractivity contribution >= 4 is 33.6 Å². The largest absolute Gasteiger partial charge is 0.339 e. The number of carbonyl (C=O) groups excluding carboxylic acids is 2. The number of fused-ring (bicyclic) bond motifs is 5. The predicted molar refractivity (Wildman–Crippen MR) is 150 cm³/mol. The van der Waals surface area contributed by atoms with Gasteiger partial charge in [-0.05, 0) is 61.6 Å². The minimum atomic E-state index is -0.203. The molecule has 0 spiro atoms. The topological polar surface area (TPSA) is 80.1 Å². The second-order valence-electron chi connectivity index (χ2n) is 10.4. The average Bonchev–Trinajstić information content (AvgIpc) is 3.44. The Balaban J connectivity index is 1.17. The lowest BCUT2D eigenvalue weighted by atomic mass is 9.92.